The van der Waals surface area contributed by atoms with Gasteiger partial charge in [-0.3, -0.25) is 9.78 Å². The van der Waals surface area contributed by atoms with E-state index in [0.29, 0.717) is 25.3 Å². The van der Waals surface area contributed by atoms with Crippen molar-refractivity contribution in [2.24, 2.45) is 0 Å². The van der Waals surface area contributed by atoms with Crippen molar-refractivity contribution in [2.45, 2.75) is 13.1 Å². The predicted molar refractivity (Wildman–Crippen MR) is 118 cm³/mol. The number of aromatic nitrogens is 3. The molecule has 7 nitrogen and oxygen atoms in total. The fourth-order valence-electron chi connectivity index (χ4n) is 3.44. The molecule has 31 heavy (non-hydrogen) atoms. The fraction of sp³-hybridized carbons (Fsp3) is 0.208. The summed E-state index contributed by atoms with van der Waals surface area (Å²) in [6.45, 7) is 1.45. The van der Waals surface area contributed by atoms with Crippen LogP contribution in [0.15, 0.2) is 73.1 Å². The number of hydrogen-bond donors (Lipinski definition) is 0. The number of rotatable bonds is 8. The molecular weight excluding hydrogens is 392 g/mol. The summed E-state index contributed by atoms with van der Waals surface area (Å²) >= 11 is 0. The van der Waals surface area contributed by atoms with Crippen LogP contribution >= 0.6 is 0 Å². The smallest absolute Gasteiger partial charge is 0.254 e. The predicted octanol–water partition coefficient (Wildman–Crippen LogP) is 3.79. The molecule has 0 saturated carbocycles. The number of amides is 1. The van der Waals surface area contributed by atoms with Crippen LogP contribution in [-0.2, 0) is 13.1 Å². The van der Waals surface area contributed by atoms with Gasteiger partial charge in [-0.05, 0) is 36.4 Å². The van der Waals surface area contributed by atoms with Crippen molar-refractivity contribution in [1.29, 1.82) is 0 Å². The van der Waals surface area contributed by atoms with Crippen molar-refractivity contribution >= 4 is 16.9 Å². The molecule has 4 aromatic rings. The van der Waals surface area contributed by atoms with Gasteiger partial charge in [0.15, 0.2) is 0 Å². The third-order valence-electron chi connectivity index (χ3n) is 5.01. The number of carbonyl (C=O) groups is 1. The quantitative estimate of drug-likeness (QED) is 0.437. The van der Waals surface area contributed by atoms with Crippen molar-refractivity contribution in [1.82, 2.24) is 19.4 Å². The molecule has 4 rings (SSSR count). The standard InChI is InChI=1S/C24H24N4O3/c1-27(24(29)18-10-12-25-13-11-18)17-23-26-21-8-3-4-9-22(21)28(23)14-15-31-20-7-5-6-19(16-20)30-2/h3-13,16H,14-15,17H2,1-2H3. The van der Waals surface area contributed by atoms with Gasteiger partial charge in [0.05, 0.1) is 31.2 Å². The van der Waals surface area contributed by atoms with E-state index in [1.54, 1.807) is 43.6 Å². The maximum Gasteiger partial charge on any atom is 0.254 e. The highest BCUT2D eigenvalue weighted by Gasteiger charge is 2.17. The number of methoxy groups -OCH3 is 1. The highest BCUT2D eigenvalue weighted by molar-refractivity contribution is 5.93. The van der Waals surface area contributed by atoms with E-state index in [4.69, 9.17) is 14.5 Å². The molecule has 0 aliphatic heterocycles. The third kappa shape index (κ3) is 4.66. The lowest BCUT2D eigenvalue weighted by atomic mass is 10.2. The van der Waals surface area contributed by atoms with E-state index < -0.39 is 0 Å². The highest BCUT2D eigenvalue weighted by Crippen LogP contribution is 2.20. The number of carbonyl (C=O) groups excluding carboxylic acids is 1. The number of pyridine rings is 1. The van der Waals surface area contributed by atoms with Crippen molar-refractivity contribution in [2.75, 3.05) is 20.8 Å². The molecule has 158 valence electrons. The summed E-state index contributed by atoms with van der Waals surface area (Å²) in [5.74, 6) is 2.23. The fourth-order valence-corrected chi connectivity index (χ4v) is 3.44. The minimum atomic E-state index is -0.0753. The molecule has 7 heteroatoms. The topological polar surface area (TPSA) is 69.5 Å². The maximum atomic E-state index is 12.8. The molecule has 0 radical (unpaired) electrons. The molecule has 0 atom stereocenters. The van der Waals surface area contributed by atoms with Crippen molar-refractivity contribution in [3.05, 3.63) is 84.4 Å². The van der Waals surface area contributed by atoms with Crippen LogP contribution in [0.1, 0.15) is 16.2 Å². The summed E-state index contributed by atoms with van der Waals surface area (Å²) in [5, 5.41) is 0. The van der Waals surface area contributed by atoms with Crippen LogP contribution < -0.4 is 9.47 Å². The number of hydrogen-bond acceptors (Lipinski definition) is 5. The Balaban J connectivity index is 1.52. The summed E-state index contributed by atoms with van der Waals surface area (Å²) in [6.07, 6.45) is 3.23. The van der Waals surface area contributed by atoms with Gasteiger partial charge in [0.1, 0.15) is 23.9 Å². The number of imidazole rings is 1. The lowest BCUT2D eigenvalue weighted by Gasteiger charge is -2.18. The molecule has 0 aliphatic carbocycles. The Morgan fingerprint density at radius 3 is 2.61 bits per heavy atom. The molecule has 0 spiro atoms. The van der Waals surface area contributed by atoms with Gasteiger partial charge in [-0.25, -0.2) is 4.98 Å². The number of ether oxygens (including phenoxy) is 2. The van der Waals surface area contributed by atoms with Crippen LogP contribution in [0.2, 0.25) is 0 Å². The van der Waals surface area contributed by atoms with Gasteiger partial charge in [0.2, 0.25) is 0 Å². The molecule has 0 aliphatic rings. The van der Waals surface area contributed by atoms with Crippen LogP contribution in [0.5, 0.6) is 11.5 Å². The lowest BCUT2D eigenvalue weighted by molar-refractivity contribution is 0.0780. The summed E-state index contributed by atoms with van der Waals surface area (Å²) in [6, 6.07) is 18.9. The molecule has 0 bridgehead atoms. The van der Waals surface area contributed by atoms with E-state index >= 15 is 0 Å². The van der Waals surface area contributed by atoms with E-state index in [1.807, 2.05) is 48.5 Å². The van der Waals surface area contributed by atoms with Crippen molar-refractivity contribution in [3.8, 4) is 11.5 Å². The molecule has 1 amide bonds. The number of benzene rings is 2. The Hall–Kier alpha value is -3.87. The minimum absolute atomic E-state index is 0.0753. The summed E-state index contributed by atoms with van der Waals surface area (Å²) in [5.41, 5.74) is 2.50. The summed E-state index contributed by atoms with van der Waals surface area (Å²) in [4.78, 5) is 23.2. The van der Waals surface area contributed by atoms with E-state index in [1.165, 1.54) is 0 Å². The second-order valence-corrected chi connectivity index (χ2v) is 7.09. The van der Waals surface area contributed by atoms with Gasteiger partial charge in [0, 0.05) is 31.1 Å². The largest absolute Gasteiger partial charge is 0.497 e. The first kappa shape index (κ1) is 20.4. The summed E-state index contributed by atoms with van der Waals surface area (Å²) in [7, 11) is 3.41. The minimum Gasteiger partial charge on any atom is -0.497 e. The normalized spacial score (nSPS) is 10.8. The Labute approximate surface area is 180 Å². The zero-order valence-corrected chi connectivity index (χ0v) is 17.6. The Kier molecular flexibility index (Phi) is 6.12. The lowest BCUT2D eigenvalue weighted by Crippen LogP contribution is -2.28. The van der Waals surface area contributed by atoms with E-state index in [-0.39, 0.29) is 5.91 Å². The van der Waals surface area contributed by atoms with Gasteiger partial charge < -0.3 is 18.9 Å². The zero-order valence-electron chi connectivity index (χ0n) is 17.6. The van der Waals surface area contributed by atoms with E-state index in [9.17, 15) is 4.79 Å². The maximum absolute atomic E-state index is 12.8. The second-order valence-electron chi connectivity index (χ2n) is 7.09. The third-order valence-corrected chi connectivity index (χ3v) is 5.01. The van der Waals surface area contributed by atoms with Crippen LogP contribution in [0, 0.1) is 0 Å². The average molecular weight is 416 g/mol. The van der Waals surface area contributed by atoms with Crippen LogP contribution in [0.4, 0.5) is 0 Å². The van der Waals surface area contributed by atoms with Gasteiger partial charge in [0.25, 0.3) is 5.91 Å². The zero-order chi connectivity index (χ0) is 21.6. The molecule has 2 heterocycles. The molecule has 0 saturated heterocycles. The van der Waals surface area contributed by atoms with Crippen molar-refractivity contribution < 1.29 is 14.3 Å². The highest BCUT2D eigenvalue weighted by atomic mass is 16.5. The second kappa shape index (κ2) is 9.30. The Morgan fingerprint density at radius 1 is 1.03 bits per heavy atom. The monoisotopic (exact) mass is 416 g/mol. The van der Waals surface area contributed by atoms with Gasteiger partial charge in [-0.2, -0.15) is 0 Å². The van der Waals surface area contributed by atoms with Crippen LogP contribution in [0.3, 0.4) is 0 Å². The van der Waals surface area contributed by atoms with Gasteiger partial charge >= 0.3 is 0 Å². The molecule has 0 unspecified atom stereocenters. The van der Waals surface area contributed by atoms with Gasteiger partial charge in [-0.1, -0.05) is 18.2 Å². The Morgan fingerprint density at radius 2 is 1.81 bits per heavy atom. The number of para-hydroxylation sites is 2. The molecular formula is C24H24N4O3. The molecule has 0 N–H and O–H groups in total. The molecule has 2 aromatic carbocycles. The van der Waals surface area contributed by atoms with Gasteiger partial charge in [-0.15, -0.1) is 0 Å². The molecule has 2 aromatic heterocycles. The Bertz CT molecular complexity index is 1170. The average Bonchev–Trinajstić information content (AvgIpc) is 3.16. The molecule has 0 fully saturated rings. The summed E-state index contributed by atoms with van der Waals surface area (Å²) < 4.78 is 13.3. The van der Waals surface area contributed by atoms with E-state index in [2.05, 4.69) is 9.55 Å². The number of nitrogens with zero attached hydrogens (tertiary/aromatic N) is 4. The first-order valence-corrected chi connectivity index (χ1v) is 10.0. The van der Waals surface area contributed by atoms with Crippen molar-refractivity contribution in [3.63, 3.8) is 0 Å². The van der Waals surface area contributed by atoms with Crippen LogP contribution in [-0.4, -0.2) is 46.1 Å². The van der Waals surface area contributed by atoms with E-state index in [0.717, 1.165) is 28.4 Å². The first-order valence-electron chi connectivity index (χ1n) is 10.0. The van der Waals surface area contributed by atoms with Crippen LogP contribution in [0.25, 0.3) is 11.0 Å². The number of fused-ring (bicyclic) bond motifs is 1. The first-order chi connectivity index (χ1) is 15.2. The SMILES string of the molecule is COc1cccc(OCCn2c(CN(C)C(=O)c3ccncc3)nc3ccccc32)c1.